The largest absolute Gasteiger partial charge is 1.00 e. The Labute approximate surface area is 69.2 Å². The number of rotatable bonds is 1. The monoisotopic (exact) mass is 149 g/mol. The van der Waals surface area contributed by atoms with Crippen LogP contribution in [0.1, 0.15) is 1.43 Å². The van der Waals surface area contributed by atoms with Crippen molar-refractivity contribution in [2.45, 2.75) is 0 Å². The van der Waals surface area contributed by atoms with E-state index in [1.165, 1.54) is 0 Å². The third-order valence-electron chi connectivity index (χ3n) is 0.287. The molecule has 0 heterocycles. The SMILES string of the molecule is NC(=O)P(=O)(O)O.[H-].[Na+]. The number of amides is 1. The van der Waals surface area contributed by atoms with Crippen LogP contribution in [-0.2, 0) is 4.57 Å². The van der Waals surface area contributed by atoms with Crippen molar-refractivity contribution in [1.82, 2.24) is 0 Å². The minimum Gasteiger partial charge on any atom is -1.00 e. The number of primary amides is 1. The summed E-state index contributed by atoms with van der Waals surface area (Å²) in [7, 11) is -4.60. The van der Waals surface area contributed by atoms with Gasteiger partial charge >= 0.3 is 42.8 Å². The Morgan fingerprint density at radius 3 is 1.75 bits per heavy atom. The number of hydrogen-bond acceptors (Lipinski definition) is 2. The van der Waals surface area contributed by atoms with E-state index in [2.05, 4.69) is 5.73 Å². The van der Waals surface area contributed by atoms with Crippen molar-refractivity contribution in [2.75, 3.05) is 0 Å². The molecule has 7 heteroatoms. The molecule has 0 aliphatic carbocycles. The van der Waals surface area contributed by atoms with Gasteiger partial charge in [-0.2, -0.15) is 0 Å². The summed E-state index contributed by atoms with van der Waals surface area (Å²) < 4.78 is 9.55. The van der Waals surface area contributed by atoms with E-state index in [-0.39, 0.29) is 31.0 Å². The first kappa shape index (κ1) is 11.4. The van der Waals surface area contributed by atoms with Gasteiger partial charge in [-0.3, -0.25) is 4.79 Å². The molecule has 4 N–H and O–H groups in total. The molecule has 0 bridgehead atoms. The molecular formula is CH5NNaO4P. The summed E-state index contributed by atoms with van der Waals surface area (Å²) in [5.41, 5.74) is 2.58. The summed E-state index contributed by atoms with van der Waals surface area (Å²) in [4.78, 5) is 24.9. The van der Waals surface area contributed by atoms with E-state index in [1.54, 1.807) is 0 Å². The predicted octanol–water partition coefficient (Wildman–Crippen LogP) is -3.64. The van der Waals surface area contributed by atoms with Gasteiger partial charge in [0, 0.05) is 0 Å². The van der Waals surface area contributed by atoms with Gasteiger partial charge < -0.3 is 16.9 Å². The maximum absolute atomic E-state index is 9.55. The average Bonchev–Trinajstić information content (AvgIpc) is 1.31. The number of nitrogens with two attached hydrogens (primary N) is 1. The molecular weight excluding hydrogens is 144 g/mol. The fraction of sp³-hybridized carbons (Fsp3) is 0. The van der Waals surface area contributed by atoms with Crippen LogP contribution in [0, 0.1) is 0 Å². The molecule has 0 aliphatic rings. The van der Waals surface area contributed by atoms with Crippen LogP contribution < -0.4 is 35.3 Å². The van der Waals surface area contributed by atoms with Crippen LogP contribution in [0.3, 0.4) is 0 Å². The first-order chi connectivity index (χ1) is 2.94. The van der Waals surface area contributed by atoms with Crippen molar-refractivity contribution >= 4 is 13.2 Å². The van der Waals surface area contributed by atoms with E-state index in [0.717, 1.165) is 0 Å². The molecule has 0 aromatic carbocycles. The molecule has 8 heavy (non-hydrogen) atoms. The minimum atomic E-state index is -4.60. The molecule has 0 aromatic rings. The Bertz CT molecular complexity index is 133. The van der Waals surface area contributed by atoms with Crippen molar-refractivity contribution in [3.8, 4) is 0 Å². The Hall–Kier alpha value is 0.620. The second-order valence-corrected chi connectivity index (χ2v) is 2.41. The summed E-state index contributed by atoms with van der Waals surface area (Å²) in [5, 5.41) is 0. The second-order valence-electron chi connectivity index (χ2n) is 0.882. The maximum Gasteiger partial charge on any atom is 1.00 e. The van der Waals surface area contributed by atoms with Gasteiger partial charge in [0.1, 0.15) is 0 Å². The topological polar surface area (TPSA) is 101 Å². The molecule has 0 aromatic heterocycles. The van der Waals surface area contributed by atoms with Crippen LogP contribution in [0.25, 0.3) is 0 Å². The van der Waals surface area contributed by atoms with Gasteiger partial charge in [0.15, 0.2) is 0 Å². The van der Waals surface area contributed by atoms with E-state index >= 15 is 0 Å². The third-order valence-corrected chi connectivity index (χ3v) is 0.861. The summed E-state index contributed by atoms with van der Waals surface area (Å²) >= 11 is 0. The molecule has 0 aliphatic heterocycles. The summed E-state index contributed by atoms with van der Waals surface area (Å²) in [6.07, 6.45) is 0. The molecule has 1 amide bonds. The number of hydrogen-bond donors (Lipinski definition) is 3. The summed E-state index contributed by atoms with van der Waals surface area (Å²) in [6, 6.07) is 0. The third kappa shape index (κ3) is 4.77. The van der Waals surface area contributed by atoms with Gasteiger partial charge in [-0.1, -0.05) is 0 Å². The van der Waals surface area contributed by atoms with Gasteiger partial charge in [-0.05, 0) is 0 Å². The zero-order valence-corrected chi connectivity index (χ0v) is 7.13. The smallest absolute Gasteiger partial charge is 1.00 e. The average molecular weight is 149 g/mol. The Morgan fingerprint density at radius 1 is 1.62 bits per heavy atom. The van der Waals surface area contributed by atoms with Crippen LogP contribution in [0.2, 0.25) is 0 Å². The normalized spacial score (nSPS) is 9.75. The van der Waals surface area contributed by atoms with Crippen molar-refractivity contribution in [1.29, 1.82) is 0 Å². The first-order valence-corrected chi connectivity index (χ1v) is 2.91. The van der Waals surface area contributed by atoms with E-state index in [1.807, 2.05) is 0 Å². The molecule has 0 unspecified atom stereocenters. The number of carbonyl (C=O) groups excluding carboxylic acids is 1. The minimum absolute atomic E-state index is 0. The molecule has 0 fully saturated rings. The molecule has 0 atom stereocenters. The van der Waals surface area contributed by atoms with Gasteiger partial charge in [-0.15, -0.1) is 0 Å². The van der Waals surface area contributed by atoms with Crippen molar-refractivity contribution in [3.05, 3.63) is 0 Å². The Morgan fingerprint density at radius 2 is 1.75 bits per heavy atom. The van der Waals surface area contributed by atoms with Crippen LogP contribution in [0.5, 0.6) is 0 Å². The van der Waals surface area contributed by atoms with E-state index in [0.29, 0.717) is 0 Å². The van der Waals surface area contributed by atoms with Crippen molar-refractivity contribution in [2.24, 2.45) is 5.73 Å². The fourth-order valence-corrected chi connectivity index (χ4v) is 0. The van der Waals surface area contributed by atoms with E-state index in [4.69, 9.17) is 9.79 Å². The second kappa shape index (κ2) is 3.61. The van der Waals surface area contributed by atoms with Crippen LogP contribution in [0.15, 0.2) is 0 Å². The predicted molar refractivity (Wildman–Crippen MR) is 22.7 cm³/mol. The maximum atomic E-state index is 9.55. The van der Waals surface area contributed by atoms with Crippen LogP contribution in [0.4, 0.5) is 4.79 Å². The zero-order chi connectivity index (χ0) is 6.08. The van der Waals surface area contributed by atoms with Crippen LogP contribution in [-0.4, -0.2) is 15.4 Å². The van der Waals surface area contributed by atoms with Crippen molar-refractivity contribution in [3.63, 3.8) is 0 Å². The Balaban J connectivity index is -0.000000180. The van der Waals surface area contributed by atoms with Gasteiger partial charge in [0.2, 0.25) is 0 Å². The van der Waals surface area contributed by atoms with Gasteiger partial charge in [0.05, 0.1) is 0 Å². The summed E-state index contributed by atoms with van der Waals surface area (Å²) in [6.45, 7) is 0. The first-order valence-electron chi connectivity index (χ1n) is 1.30. The Kier molecular flexibility index (Phi) is 5.15. The van der Waals surface area contributed by atoms with Crippen molar-refractivity contribution < 1.29 is 50.1 Å². The molecule has 0 radical (unpaired) electrons. The molecule has 0 saturated heterocycles. The quantitative estimate of drug-likeness (QED) is 0.264. The molecule has 0 spiro atoms. The van der Waals surface area contributed by atoms with Crippen LogP contribution >= 0.6 is 7.60 Å². The standard InChI is InChI=1S/CH4NO4P.Na.H/c2-1(3)7(4,5)6;;/h(H2,2,3)(H2,4,5,6);;/q;+1;-1. The van der Waals surface area contributed by atoms with Gasteiger partial charge in [0.25, 0.3) is 0 Å². The zero-order valence-electron chi connectivity index (χ0n) is 5.24. The van der Waals surface area contributed by atoms with Gasteiger partial charge in [-0.25, -0.2) is 4.57 Å². The molecule has 5 nitrogen and oxygen atoms in total. The fourth-order valence-electron chi connectivity index (χ4n) is 0. The summed E-state index contributed by atoms with van der Waals surface area (Å²) in [5.74, 6) is 0. The number of carbonyl (C=O) groups is 1. The molecule has 0 rings (SSSR count). The molecule has 0 saturated carbocycles. The van der Waals surface area contributed by atoms with E-state index in [9.17, 15) is 9.36 Å². The van der Waals surface area contributed by atoms with E-state index < -0.39 is 13.2 Å². The molecule has 44 valence electrons.